The molecule has 0 unspecified atom stereocenters. The number of aromatic nitrogens is 4. The molecular weight excluding hydrogens is 400 g/mol. The SMILES string of the molecule is OCc1nnc(-c2ccncc2Nc2ccc(I)cc2F)[nH]1. The summed E-state index contributed by atoms with van der Waals surface area (Å²) < 4.78 is 14.8. The minimum atomic E-state index is -0.352. The molecule has 8 heteroatoms. The topological polar surface area (TPSA) is 86.7 Å². The van der Waals surface area contributed by atoms with Gasteiger partial charge in [-0.15, -0.1) is 10.2 Å². The summed E-state index contributed by atoms with van der Waals surface area (Å²) in [6, 6.07) is 6.64. The average molecular weight is 411 g/mol. The van der Waals surface area contributed by atoms with Gasteiger partial charge < -0.3 is 15.4 Å². The van der Waals surface area contributed by atoms with Crippen molar-refractivity contribution in [1.29, 1.82) is 0 Å². The van der Waals surface area contributed by atoms with Crippen molar-refractivity contribution in [1.82, 2.24) is 20.2 Å². The van der Waals surface area contributed by atoms with Gasteiger partial charge in [0.25, 0.3) is 0 Å². The first-order valence-corrected chi connectivity index (χ1v) is 7.44. The van der Waals surface area contributed by atoms with Crippen molar-refractivity contribution in [3.05, 3.63) is 51.9 Å². The molecule has 0 aliphatic rings. The van der Waals surface area contributed by atoms with Gasteiger partial charge in [0.15, 0.2) is 11.6 Å². The maximum atomic E-state index is 14.0. The van der Waals surface area contributed by atoms with Crippen LogP contribution in [0, 0.1) is 9.39 Å². The first-order valence-electron chi connectivity index (χ1n) is 6.36. The van der Waals surface area contributed by atoms with Gasteiger partial charge in [0.05, 0.1) is 17.6 Å². The predicted molar refractivity (Wildman–Crippen MR) is 87.9 cm³/mol. The second kappa shape index (κ2) is 6.36. The number of aromatic amines is 1. The van der Waals surface area contributed by atoms with Crippen LogP contribution >= 0.6 is 22.6 Å². The highest BCUT2D eigenvalue weighted by Crippen LogP contribution is 2.28. The van der Waals surface area contributed by atoms with Crippen LogP contribution in [0.1, 0.15) is 5.82 Å². The number of nitrogens with zero attached hydrogens (tertiary/aromatic N) is 3. The molecule has 0 bridgehead atoms. The van der Waals surface area contributed by atoms with E-state index in [1.54, 1.807) is 30.6 Å². The molecule has 1 aromatic carbocycles. The Morgan fingerprint density at radius 3 is 2.82 bits per heavy atom. The van der Waals surface area contributed by atoms with Crippen molar-refractivity contribution in [2.45, 2.75) is 6.61 Å². The minimum Gasteiger partial charge on any atom is -0.388 e. The van der Waals surface area contributed by atoms with Crippen LogP contribution in [0.3, 0.4) is 0 Å². The molecule has 3 rings (SSSR count). The van der Waals surface area contributed by atoms with Gasteiger partial charge in [0.2, 0.25) is 0 Å². The second-order valence-electron chi connectivity index (χ2n) is 4.45. The Morgan fingerprint density at radius 2 is 2.09 bits per heavy atom. The Labute approximate surface area is 139 Å². The number of pyridine rings is 1. The Hall–Kier alpha value is -2.07. The van der Waals surface area contributed by atoms with E-state index in [-0.39, 0.29) is 12.4 Å². The van der Waals surface area contributed by atoms with E-state index in [1.165, 1.54) is 6.07 Å². The quantitative estimate of drug-likeness (QED) is 0.575. The summed E-state index contributed by atoms with van der Waals surface area (Å²) >= 11 is 2.05. The number of anilines is 2. The summed E-state index contributed by atoms with van der Waals surface area (Å²) in [6.45, 7) is -0.230. The fraction of sp³-hybridized carbons (Fsp3) is 0.0714. The van der Waals surface area contributed by atoms with Crippen LogP contribution in [0.15, 0.2) is 36.7 Å². The lowest BCUT2D eigenvalue weighted by Gasteiger charge is -2.10. The van der Waals surface area contributed by atoms with E-state index in [4.69, 9.17) is 5.11 Å². The van der Waals surface area contributed by atoms with Crippen molar-refractivity contribution in [2.75, 3.05) is 5.32 Å². The molecule has 0 spiro atoms. The van der Waals surface area contributed by atoms with E-state index < -0.39 is 0 Å². The number of hydrogen-bond donors (Lipinski definition) is 3. The van der Waals surface area contributed by atoms with E-state index in [0.717, 1.165) is 3.57 Å². The molecule has 0 radical (unpaired) electrons. The van der Waals surface area contributed by atoms with E-state index in [2.05, 4.69) is 25.5 Å². The predicted octanol–water partition coefficient (Wildman–Crippen LogP) is 2.85. The second-order valence-corrected chi connectivity index (χ2v) is 5.69. The monoisotopic (exact) mass is 411 g/mol. The van der Waals surface area contributed by atoms with Crippen molar-refractivity contribution < 1.29 is 9.50 Å². The summed E-state index contributed by atoms with van der Waals surface area (Å²) in [5.74, 6) is 0.480. The number of H-pyrrole nitrogens is 1. The summed E-state index contributed by atoms with van der Waals surface area (Å²) in [7, 11) is 0. The van der Waals surface area contributed by atoms with Gasteiger partial charge in [-0.05, 0) is 46.9 Å². The van der Waals surface area contributed by atoms with Crippen molar-refractivity contribution >= 4 is 34.0 Å². The lowest BCUT2D eigenvalue weighted by Crippen LogP contribution is -1.98. The molecule has 6 nitrogen and oxygen atoms in total. The van der Waals surface area contributed by atoms with Crippen LogP contribution in [0.5, 0.6) is 0 Å². The molecule has 0 saturated carbocycles. The number of nitrogens with one attached hydrogen (secondary N) is 2. The highest BCUT2D eigenvalue weighted by molar-refractivity contribution is 14.1. The molecule has 3 N–H and O–H groups in total. The number of aliphatic hydroxyl groups is 1. The fourth-order valence-corrected chi connectivity index (χ4v) is 2.38. The minimum absolute atomic E-state index is 0.230. The van der Waals surface area contributed by atoms with E-state index in [1.807, 2.05) is 22.6 Å². The molecular formula is C14H11FIN5O. The van der Waals surface area contributed by atoms with E-state index in [9.17, 15) is 4.39 Å². The molecule has 22 heavy (non-hydrogen) atoms. The lowest BCUT2D eigenvalue weighted by molar-refractivity contribution is 0.272. The highest BCUT2D eigenvalue weighted by atomic mass is 127. The maximum Gasteiger partial charge on any atom is 0.163 e. The zero-order chi connectivity index (χ0) is 15.5. The van der Waals surface area contributed by atoms with Crippen LogP contribution in [-0.2, 0) is 6.61 Å². The Balaban J connectivity index is 1.97. The summed E-state index contributed by atoms with van der Waals surface area (Å²) in [5.41, 5.74) is 1.61. The van der Waals surface area contributed by atoms with E-state index >= 15 is 0 Å². The number of hydrogen-bond acceptors (Lipinski definition) is 5. The first-order chi connectivity index (χ1) is 10.7. The van der Waals surface area contributed by atoms with E-state index in [0.29, 0.717) is 28.6 Å². The van der Waals surface area contributed by atoms with Gasteiger partial charge in [-0.25, -0.2) is 4.39 Å². The van der Waals surface area contributed by atoms with Crippen molar-refractivity contribution in [2.24, 2.45) is 0 Å². The molecule has 2 aromatic heterocycles. The van der Waals surface area contributed by atoms with Crippen LogP contribution in [0.4, 0.5) is 15.8 Å². The zero-order valence-corrected chi connectivity index (χ0v) is 13.4. The maximum absolute atomic E-state index is 14.0. The third-order valence-corrected chi connectivity index (χ3v) is 3.63. The normalized spacial score (nSPS) is 10.7. The van der Waals surface area contributed by atoms with Crippen LogP contribution < -0.4 is 5.32 Å². The summed E-state index contributed by atoms with van der Waals surface area (Å²) in [4.78, 5) is 6.94. The fourth-order valence-electron chi connectivity index (χ4n) is 1.93. The molecule has 0 amide bonds. The lowest BCUT2D eigenvalue weighted by atomic mass is 10.2. The van der Waals surface area contributed by atoms with Crippen molar-refractivity contribution in [3.63, 3.8) is 0 Å². The van der Waals surface area contributed by atoms with Crippen LogP contribution in [0.25, 0.3) is 11.4 Å². The molecule has 3 aromatic rings. The third kappa shape index (κ3) is 3.07. The Bertz CT molecular complexity index is 807. The third-order valence-electron chi connectivity index (χ3n) is 2.96. The first kappa shape index (κ1) is 14.9. The van der Waals surface area contributed by atoms with Gasteiger partial charge in [-0.1, -0.05) is 0 Å². The van der Waals surface area contributed by atoms with Gasteiger partial charge in [0, 0.05) is 15.3 Å². The number of halogens is 2. The average Bonchev–Trinajstić information content (AvgIpc) is 2.99. The standard InChI is InChI=1S/C14H11FIN5O/c15-10-5-8(16)1-2-11(10)18-12-6-17-4-3-9(12)14-19-13(7-22)20-21-14/h1-6,18,22H,7H2,(H,19,20,21). The van der Waals surface area contributed by atoms with Gasteiger partial charge in [0.1, 0.15) is 12.4 Å². The molecule has 2 heterocycles. The summed E-state index contributed by atoms with van der Waals surface area (Å²) in [6.07, 6.45) is 3.18. The van der Waals surface area contributed by atoms with Gasteiger partial charge >= 0.3 is 0 Å². The smallest absolute Gasteiger partial charge is 0.163 e. The van der Waals surface area contributed by atoms with Crippen molar-refractivity contribution in [3.8, 4) is 11.4 Å². The molecule has 0 fully saturated rings. The molecule has 112 valence electrons. The Morgan fingerprint density at radius 1 is 1.23 bits per heavy atom. The molecule has 0 saturated heterocycles. The summed E-state index contributed by atoms with van der Waals surface area (Å²) in [5, 5.41) is 19.8. The number of benzene rings is 1. The molecule has 0 atom stereocenters. The van der Waals surface area contributed by atoms with Gasteiger partial charge in [-0.3, -0.25) is 4.98 Å². The zero-order valence-electron chi connectivity index (χ0n) is 11.2. The van der Waals surface area contributed by atoms with Crippen LogP contribution in [0.2, 0.25) is 0 Å². The Kier molecular flexibility index (Phi) is 4.29. The number of aliphatic hydroxyl groups excluding tert-OH is 1. The molecule has 0 aliphatic carbocycles. The number of rotatable bonds is 4. The van der Waals surface area contributed by atoms with Gasteiger partial charge in [-0.2, -0.15) is 0 Å². The highest BCUT2D eigenvalue weighted by Gasteiger charge is 2.12. The van der Waals surface area contributed by atoms with Crippen LogP contribution in [-0.4, -0.2) is 25.3 Å². The molecule has 0 aliphatic heterocycles. The largest absolute Gasteiger partial charge is 0.388 e.